The number of hydrogen-bond donors (Lipinski definition) is 2. The molecule has 1 aromatic carbocycles. The third kappa shape index (κ3) is 1.99. The summed E-state index contributed by atoms with van der Waals surface area (Å²) in [6.45, 7) is 0. The average Bonchev–Trinajstić information content (AvgIpc) is 2.59. The molecule has 0 spiro atoms. The summed E-state index contributed by atoms with van der Waals surface area (Å²) in [6, 6.07) is 2.65. The van der Waals surface area contributed by atoms with Gasteiger partial charge in [0.2, 0.25) is 0 Å². The second-order valence-corrected chi connectivity index (χ2v) is 3.80. The molecule has 0 bridgehead atoms. The first kappa shape index (κ1) is 12.3. The first-order valence-corrected chi connectivity index (χ1v) is 4.98. The Morgan fingerprint density at radius 3 is 2.44 bits per heavy atom. The Morgan fingerprint density at radius 1 is 1.28 bits per heavy atom. The molecule has 0 unspecified atom stereocenters. The fourth-order valence-electron chi connectivity index (χ4n) is 1.58. The SMILES string of the molecule is Cn1ncc(-c2cc(C(F)(F)F)ccc2O)c1N. The summed E-state index contributed by atoms with van der Waals surface area (Å²) in [7, 11) is 1.56. The summed E-state index contributed by atoms with van der Waals surface area (Å²) in [5, 5.41) is 13.5. The van der Waals surface area contributed by atoms with E-state index in [4.69, 9.17) is 5.73 Å². The van der Waals surface area contributed by atoms with E-state index in [0.717, 1.165) is 18.2 Å². The number of aromatic hydroxyl groups is 1. The number of anilines is 1. The number of phenols is 1. The van der Waals surface area contributed by atoms with Crippen molar-refractivity contribution in [2.24, 2.45) is 7.05 Å². The number of nitrogen functional groups attached to an aromatic ring is 1. The van der Waals surface area contributed by atoms with Gasteiger partial charge in [0.25, 0.3) is 0 Å². The van der Waals surface area contributed by atoms with Gasteiger partial charge in [0.15, 0.2) is 0 Å². The van der Waals surface area contributed by atoms with Gasteiger partial charge >= 0.3 is 6.18 Å². The lowest BCUT2D eigenvalue weighted by molar-refractivity contribution is -0.137. The van der Waals surface area contributed by atoms with E-state index in [1.807, 2.05) is 0 Å². The third-order valence-electron chi connectivity index (χ3n) is 2.60. The van der Waals surface area contributed by atoms with Crippen LogP contribution in [0.15, 0.2) is 24.4 Å². The van der Waals surface area contributed by atoms with Crippen molar-refractivity contribution < 1.29 is 18.3 Å². The van der Waals surface area contributed by atoms with Gasteiger partial charge in [-0.15, -0.1) is 0 Å². The highest BCUT2D eigenvalue weighted by atomic mass is 19.4. The molecule has 0 atom stereocenters. The van der Waals surface area contributed by atoms with Gasteiger partial charge in [-0.25, -0.2) is 0 Å². The normalized spacial score (nSPS) is 11.8. The van der Waals surface area contributed by atoms with Crippen LogP contribution in [0.2, 0.25) is 0 Å². The van der Waals surface area contributed by atoms with Crippen LogP contribution >= 0.6 is 0 Å². The molecule has 0 aliphatic carbocycles. The van der Waals surface area contributed by atoms with E-state index in [2.05, 4.69) is 5.10 Å². The van der Waals surface area contributed by atoms with Gasteiger partial charge in [0.05, 0.1) is 11.8 Å². The summed E-state index contributed by atoms with van der Waals surface area (Å²) < 4.78 is 39.1. The predicted molar refractivity (Wildman–Crippen MR) is 59.7 cm³/mol. The number of hydrogen-bond acceptors (Lipinski definition) is 3. The zero-order valence-corrected chi connectivity index (χ0v) is 9.36. The Bertz CT molecular complexity index is 590. The number of rotatable bonds is 1. The van der Waals surface area contributed by atoms with Crippen molar-refractivity contribution in [2.45, 2.75) is 6.18 Å². The Balaban J connectivity index is 2.61. The molecule has 2 aromatic rings. The Morgan fingerprint density at radius 2 is 1.94 bits per heavy atom. The lowest BCUT2D eigenvalue weighted by Gasteiger charge is -2.10. The first-order chi connectivity index (χ1) is 8.30. The number of aromatic nitrogens is 2. The smallest absolute Gasteiger partial charge is 0.416 e. The molecule has 1 heterocycles. The van der Waals surface area contributed by atoms with E-state index >= 15 is 0 Å². The van der Waals surface area contributed by atoms with Gasteiger partial charge in [0, 0.05) is 18.2 Å². The average molecular weight is 257 g/mol. The largest absolute Gasteiger partial charge is 0.507 e. The lowest BCUT2D eigenvalue weighted by Crippen LogP contribution is -2.05. The molecule has 0 saturated heterocycles. The molecule has 18 heavy (non-hydrogen) atoms. The molecule has 7 heteroatoms. The monoisotopic (exact) mass is 257 g/mol. The summed E-state index contributed by atoms with van der Waals surface area (Å²) in [4.78, 5) is 0. The lowest BCUT2D eigenvalue weighted by atomic mass is 10.0. The van der Waals surface area contributed by atoms with Crippen molar-refractivity contribution >= 4 is 5.82 Å². The van der Waals surface area contributed by atoms with Crippen molar-refractivity contribution in [1.29, 1.82) is 0 Å². The number of benzene rings is 1. The predicted octanol–water partition coefficient (Wildman–Crippen LogP) is 2.39. The van der Waals surface area contributed by atoms with E-state index in [-0.39, 0.29) is 22.7 Å². The molecule has 1 aromatic heterocycles. The number of aryl methyl sites for hydroxylation is 1. The van der Waals surface area contributed by atoms with Crippen LogP contribution in [-0.4, -0.2) is 14.9 Å². The van der Waals surface area contributed by atoms with Gasteiger partial charge in [-0.05, 0) is 18.2 Å². The van der Waals surface area contributed by atoms with Crippen LogP contribution in [0.25, 0.3) is 11.1 Å². The van der Waals surface area contributed by atoms with Crippen LogP contribution in [0.1, 0.15) is 5.56 Å². The van der Waals surface area contributed by atoms with Crippen molar-refractivity contribution in [3.8, 4) is 16.9 Å². The van der Waals surface area contributed by atoms with Gasteiger partial charge in [-0.3, -0.25) is 4.68 Å². The molecule has 0 aliphatic rings. The fourth-order valence-corrected chi connectivity index (χ4v) is 1.58. The topological polar surface area (TPSA) is 64.1 Å². The van der Waals surface area contributed by atoms with Gasteiger partial charge in [-0.2, -0.15) is 18.3 Å². The van der Waals surface area contributed by atoms with Crippen LogP contribution in [0.3, 0.4) is 0 Å². The maximum atomic E-state index is 12.6. The number of phenolic OH excluding ortho intramolecular Hbond substituents is 1. The van der Waals surface area contributed by atoms with Crippen molar-refractivity contribution in [1.82, 2.24) is 9.78 Å². The Hall–Kier alpha value is -2.18. The molecule has 0 saturated carbocycles. The molecule has 2 rings (SSSR count). The summed E-state index contributed by atoms with van der Waals surface area (Å²) >= 11 is 0. The first-order valence-electron chi connectivity index (χ1n) is 4.98. The summed E-state index contributed by atoms with van der Waals surface area (Å²) in [5.74, 6) is -0.0904. The van der Waals surface area contributed by atoms with Crippen LogP contribution in [0.5, 0.6) is 5.75 Å². The Kier molecular flexibility index (Phi) is 2.68. The van der Waals surface area contributed by atoms with Gasteiger partial charge in [-0.1, -0.05) is 0 Å². The quantitative estimate of drug-likeness (QED) is 0.824. The minimum Gasteiger partial charge on any atom is -0.507 e. The fraction of sp³-hybridized carbons (Fsp3) is 0.182. The van der Waals surface area contributed by atoms with E-state index in [1.165, 1.54) is 10.9 Å². The second kappa shape index (κ2) is 3.94. The minimum atomic E-state index is -4.47. The maximum Gasteiger partial charge on any atom is 0.416 e. The highest BCUT2D eigenvalue weighted by molar-refractivity contribution is 5.78. The van der Waals surface area contributed by atoms with Gasteiger partial charge < -0.3 is 10.8 Å². The summed E-state index contributed by atoms with van der Waals surface area (Å²) in [6.07, 6.45) is -3.16. The molecule has 0 aliphatic heterocycles. The molecular formula is C11H10F3N3O. The van der Waals surface area contributed by atoms with Crippen molar-refractivity contribution in [2.75, 3.05) is 5.73 Å². The van der Waals surface area contributed by atoms with E-state index < -0.39 is 11.7 Å². The van der Waals surface area contributed by atoms with E-state index in [1.54, 1.807) is 7.05 Å². The molecule has 96 valence electrons. The zero-order valence-electron chi connectivity index (χ0n) is 9.36. The molecular weight excluding hydrogens is 247 g/mol. The number of nitrogens with two attached hydrogens (primary N) is 1. The second-order valence-electron chi connectivity index (χ2n) is 3.80. The van der Waals surface area contributed by atoms with Crippen molar-refractivity contribution in [3.05, 3.63) is 30.0 Å². The molecule has 0 amide bonds. The number of alkyl halides is 3. The van der Waals surface area contributed by atoms with E-state index in [0.29, 0.717) is 0 Å². The molecule has 3 N–H and O–H groups in total. The number of halogens is 3. The van der Waals surface area contributed by atoms with Crippen molar-refractivity contribution in [3.63, 3.8) is 0 Å². The van der Waals surface area contributed by atoms with E-state index in [9.17, 15) is 18.3 Å². The van der Waals surface area contributed by atoms with Crippen LogP contribution in [0, 0.1) is 0 Å². The Labute approximate surface area is 100 Å². The minimum absolute atomic E-state index is 0.00965. The standard InChI is InChI=1S/C11H10F3N3O/c1-17-10(15)8(5-16-17)7-4-6(11(12,13)14)2-3-9(7)18/h2-5,18H,15H2,1H3. The highest BCUT2D eigenvalue weighted by Gasteiger charge is 2.31. The van der Waals surface area contributed by atoms with Crippen LogP contribution in [0.4, 0.5) is 19.0 Å². The maximum absolute atomic E-state index is 12.6. The zero-order chi connectivity index (χ0) is 13.5. The molecule has 0 fully saturated rings. The van der Waals surface area contributed by atoms with Crippen LogP contribution < -0.4 is 5.73 Å². The van der Waals surface area contributed by atoms with Gasteiger partial charge in [0.1, 0.15) is 11.6 Å². The summed E-state index contributed by atoms with van der Waals surface area (Å²) in [5.41, 5.74) is 5.10. The molecule has 0 radical (unpaired) electrons. The van der Waals surface area contributed by atoms with Crippen LogP contribution in [-0.2, 0) is 13.2 Å². The third-order valence-corrected chi connectivity index (χ3v) is 2.60. The highest BCUT2D eigenvalue weighted by Crippen LogP contribution is 2.38. The number of nitrogens with zero attached hydrogens (tertiary/aromatic N) is 2. The molecule has 4 nitrogen and oxygen atoms in total.